The van der Waals surface area contributed by atoms with Crippen molar-refractivity contribution in [1.29, 1.82) is 0 Å². The minimum absolute atomic E-state index is 0.856. The third-order valence-electron chi connectivity index (χ3n) is 10.5. The fraction of sp³-hybridized carbons (Fsp3) is 0. The number of fused-ring (bicyclic) bond motifs is 5. The second-order valence-corrected chi connectivity index (χ2v) is 13.7. The Morgan fingerprint density at radius 1 is 0.315 bits per heavy atom. The lowest BCUT2D eigenvalue weighted by molar-refractivity contribution is 0.672. The van der Waals surface area contributed by atoms with Gasteiger partial charge in [-0.05, 0) is 98.4 Å². The summed E-state index contributed by atoms with van der Waals surface area (Å²) in [7, 11) is 0. The zero-order valence-corrected chi connectivity index (χ0v) is 29.6. The number of furan rings is 1. The maximum absolute atomic E-state index is 6.84. The molecule has 0 radical (unpaired) electrons. The Balaban J connectivity index is 1.19. The van der Waals surface area contributed by atoms with Crippen LogP contribution in [0, 0.1) is 0 Å². The van der Waals surface area contributed by atoms with Gasteiger partial charge in [-0.15, -0.1) is 0 Å². The van der Waals surface area contributed by atoms with Crippen LogP contribution < -0.4 is 4.90 Å². The summed E-state index contributed by atoms with van der Waals surface area (Å²) in [5.74, 6) is 0. The number of benzene rings is 9. The second kappa shape index (κ2) is 13.4. The van der Waals surface area contributed by atoms with E-state index in [1.807, 2.05) is 0 Å². The van der Waals surface area contributed by atoms with E-state index in [0.717, 1.165) is 44.4 Å². The van der Waals surface area contributed by atoms with Crippen molar-refractivity contribution in [2.75, 3.05) is 4.90 Å². The van der Waals surface area contributed by atoms with Crippen molar-refractivity contribution in [2.45, 2.75) is 0 Å². The quantitative estimate of drug-likeness (QED) is 0.166. The van der Waals surface area contributed by atoms with Crippen LogP contribution in [-0.2, 0) is 0 Å². The van der Waals surface area contributed by atoms with Gasteiger partial charge in [0.15, 0.2) is 0 Å². The van der Waals surface area contributed by atoms with Gasteiger partial charge in [-0.3, -0.25) is 0 Å². The van der Waals surface area contributed by atoms with Crippen LogP contribution in [0.1, 0.15) is 0 Å². The van der Waals surface area contributed by atoms with E-state index in [4.69, 9.17) is 4.42 Å². The van der Waals surface area contributed by atoms with Crippen LogP contribution in [-0.4, -0.2) is 0 Å². The van der Waals surface area contributed by atoms with E-state index in [0.29, 0.717) is 0 Å². The maximum atomic E-state index is 6.84. The third kappa shape index (κ3) is 5.62. The Morgan fingerprint density at radius 3 is 1.37 bits per heavy atom. The molecule has 0 aliphatic rings. The minimum Gasteiger partial charge on any atom is -0.455 e. The summed E-state index contributed by atoms with van der Waals surface area (Å²) in [5, 5.41) is 4.44. The molecule has 0 N–H and O–H groups in total. The van der Waals surface area contributed by atoms with Crippen LogP contribution in [0.3, 0.4) is 0 Å². The van der Waals surface area contributed by atoms with Crippen LogP contribution >= 0.6 is 0 Å². The molecular weight excluding hydrogens is 655 g/mol. The van der Waals surface area contributed by atoms with E-state index in [9.17, 15) is 0 Å². The molecule has 54 heavy (non-hydrogen) atoms. The molecule has 1 heterocycles. The van der Waals surface area contributed by atoms with Crippen molar-refractivity contribution in [3.63, 3.8) is 0 Å². The molecule has 0 aliphatic heterocycles. The molecule has 2 nitrogen and oxygen atoms in total. The topological polar surface area (TPSA) is 16.4 Å². The lowest BCUT2D eigenvalue weighted by Gasteiger charge is -2.26. The van der Waals surface area contributed by atoms with Crippen LogP contribution in [0.25, 0.3) is 77.2 Å². The number of nitrogens with zero attached hydrogens (tertiary/aromatic N) is 1. The van der Waals surface area contributed by atoms with Crippen molar-refractivity contribution in [3.05, 3.63) is 212 Å². The van der Waals surface area contributed by atoms with Crippen molar-refractivity contribution >= 4 is 49.8 Å². The zero-order chi connectivity index (χ0) is 35.8. The Hall–Kier alpha value is -7.16. The van der Waals surface area contributed by atoms with Gasteiger partial charge in [-0.1, -0.05) is 164 Å². The average Bonchev–Trinajstić information content (AvgIpc) is 3.65. The van der Waals surface area contributed by atoms with Crippen LogP contribution in [0.15, 0.2) is 217 Å². The Kier molecular flexibility index (Phi) is 7.85. The molecule has 0 spiro atoms. The zero-order valence-electron chi connectivity index (χ0n) is 29.6. The molecule has 10 aromatic rings. The number of hydrogen-bond acceptors (Lipinski definition) is 2. The van der Waals surface area contributed by atoms with E-state index in [2.05, 4.69) is 217 Å². The Bertz CT molecular complexity index is 2810. The highest BCUT2D eigenvalue weighted by atomic mass is 16.3. The lowest BCUT2D eigenvalue weighted by Crippen LogP contribution is -2.10. The highest BCUT2D eigenvalue weighted by Gasteiger charge is 2.22. The van der Waals surface area contributed by atoms with Crippen molar-refractivity contribution in [3.8, 4) is 44.5 Å². The first-order valence-electron chi connectivity index (χ1n) is 18.4. The minimum atomic E-state index is 0.856. The number of hydrogen-bond donors (Lipinski definition) is 0. The molecule has 0 amide bonds. The fourth-order valence-corrected chi connectivity index (χ4v) is 7.85. The summed E-state index contributed by atoms with van der Waals surface area (Å²) in [4.78, 5) is 2.37. The summed E-state index contributed by atoms with van der Waals surface area (Å²) >= 11 is 0. The molecule has 9 aromatic carbocycles. The monoisotopic (exact) mass is 689 g/mol. The maximum Gasteiger partial charge on any atom is 0.143 e. The fourth-order valence-electron chi connectivity index (χ4n) is 7.85. The molecule has 0 saturated carbocycles. The first kappa shape index (κ1) is 31.6. The standard InChI is InChI=1S/C52H35NO/c1-4-14-36(15-5-1)39-26-30-43(31-27-39)53(44-32-28-40(29-33-44)37-16-6-2-7-17-37)49-24-13-25-50-51(49)48-35-47(45-22-10-11-23-46(45)52(48)54-50)42-21-12-20-41(34-42)38-18-8-3-9-19-38/h1-35H. The first-order chi connectivity index (χ1) is 26.8. The highest BCUT2D eigenvalue weighted by Crippen LogP contribution is 2.47. The smallest absolute Gasteiger partial charge is 0.143 e. The van der Waals surface area contributed by atoms with Gasteiger partial charge in [-0.2, -0.15) is 0 Å². The normalized spacial score (nSPS) is 11.3. The third-order valence-corrected chi connectivity index (χ3v) is 10.5. The van der Waals surface area contributed by atoms with E-state index in [-0.39, 0.29) is 0 Å². The predicted octanol–water partition coefficient (Wildman–Crippen LogP) is 14.9. The molecule has 2 heteroatoms. The van der Waals surface area contributed by atoms with Crippen molar-refractivity contribution in [2.24, 2.45) is 0 Å². The largest absolute Gasteiger partial charge is 0.455 e. The second-order valence-electron chi connectivity index (χ2n) is 13.7. The summed E-state index contributed by atoms with van der Waals surface area (Å²) < 4.78 is 6.84. The number of rotatable bonds is 7. The van der Waals surface area contributed by atoms with Crippen LogP contribution in [0.4, 0.5) is 17.1 Å². The van der Waals surface area contributed by atoms with Gasteiger partial charge in [0, 0.05) is 22.1 Å². The Morgan fingerprint density at radius 2 is 0.778 bits per heavy atom. The molecule has 0 atom stereocenters. The molecule has 254 valence electrons. The highest BCUT2D eigenvalue weighted by molar-refractivity contribution is 6.22. The van der Waals surface area contributed by atoms with E-state index >= 15 is 0 Å². The summed E-state index contributed by atoms with van der Waals surface area (Å²) in [5.41, 5.74) is 14.5. The molecule has 0 fully saturated rings. The van der Waals surface area contributed by atoms with E-state index in [1.165, 1.54) is 49.9 Å². The van der Waals surface area contributed by atoms with Gasteiger partial charge in [0.1, 0.15) is 11.2 Å². The van der Waals surface area contributed by atoms with Crippen LogP contribution in [0.2, 0.25) is 0 Å². The van der Waals surface area contributed by atoms with Crippen molar-refractivity contribution < 1.29 is 4.42 Å². The summed E-state index contributed by atoms with van der Waals surface area (Å²) in [6, 6.07) is 75.7. The first-order valence-corrected chi connectivity index (χ1v) is 18.4. The molecule has 10 rings (SSSR count). The van der Waals surface area contributed by atoms with Gasteiger partial charge >= 0.3 is 0 Å². The van der Waals surface area contributed by atoms with Gasteiger partial charge in [0.2, 0.25) is 0 Å². The van der Waals surface area contributed by atoms with Gasteiger partial charge < -0.3 is 9.32 Å². The predicted molar refractivity (Wildman–Crippen MR) is 228 cm³/mol. The SMILES string of the molecule is c1ccc(-c2ccc(N(c3ccc(-c4ccccc4)cc3)c3cccc4oc5c6ccccc6c(-c6cccc(-c7ccccc7)c6)cc5c34)cc2)cc1. The number of anilines is 3. The van der Waals surface area contributed by atoms with Gasteiger partial charge in [-0.25, -0.2) is 0 Å². The molecular formula is C52H35NO. The van der Waals surface area contributed by atoms with E-state index in [1.54, 1.807) is 0 Å². The summed E-state index contributed by atoms with van der Waals surface area (Å²) in [6.07, 6.45) is 0. The van der Waals surface area contributed by atoms with Crippen LogP contribution in [0.5, 0.6) is 0 Å². The lowest BCUT2D eigenvalue weighted by atomic mass is 9.93. The molecule has 0 bridgehead atoms. The average molecular weight is 690 g/mol. The summed E-state index contributed by atoms with van der Waals surface area (Å²) in [6.45, 7) is 0. The van der Waals surface area contributed by atoms with Gasteiger partial charge in [0.25, 0.3) is 0 Å². The Labute approximate surface area is 314 Å². The van der Waals surface area contributed by atoms with E-state index < -0.39 is 0 Å². The molecule has 0 unspecified atom stereocenters. The van der Waals surface area contributed by atoms with Gasteiger partial charge in [0.05, 0.1) is 11.1 Å². The molecule has 1 aromatic heterocycles. The van der Waals surface area contributed by atoms with Crippen molar-refractivity contribution in [1.82, 2.24) is 0 Å². The molecule has 0 saturated heterocycles. The molecule has 0 aliphatic carbocycles.